The Morgan fingerprint density at radius 2 is 1.54 bits per heavy atom. The third kappa shape index (κ3) is 4.47. The van der Waals surface area contributed by atoms with Crippen LogP contribution in [0, 0.1) is 6.92 Å². The number of benzene rings is 3. The maximum absolute atomic E-state index is 12.7. The lowest BCUT2D eigenvalue weighted by Gasteiger charge is -2.16. The lowest BCUT2D eigenvalue weighted by molar-refractivity contribution is 0.0939. The van der Waals surface area contributed by atoms with Crippen molar-refractivity contribution >= 4 is 15.9 Å². The van der Waals surface area contributed by atoms with Crippen LogP contribution in [0.4, 0.5) is 0 Å². The zero-order valence-electron chi connectivity index (χ0n) is 15.7. The summed E-state index contributed by atoms with van der Waals surface area (Å²) >= 11 is 0. The Bertz CT molecular complexity index is 1090. The minimum absolute atomic E-state index is 0.0804. The van der Waals surface area contributed by atoms with Crippen LogP contribution in [-0.4, -0.2) is 14.3 Å². The maximum atomic E-state index is 12.7. The molecule has 0 spiro atoms. The smallest absolute Gasteiger partial charge is 0.252 e. The Balaban J connectivity index is 1.78. The summed E-state index contributed by atoms with van der Waals surface area (Å²) in [5.41, 5.74) is 4.14. The van der Waals surface area contributed by atoms with Gasteiger partial charge in [-0.05, 0) is 48.2 Å². The first-order valence-electron chi connectivity index (χ1n) is 8.85. The lowest BCUT2D eigenvalue weighted by atomic mass is 10.0. The molecular formula is C22H22N2O3S. The maximum Gasteiger partial charge on any atom is 0.252 e. The highest BCUT2D eigenvalue weighted by atomic mass is 32.2. The van der Waals surface area contributed by atoms with Crippen LogP contribution in [-0.2, 0) is 10.0 Å². The van der Waals surface area contributed by atoms with Crippen molar-refractivity contribution in [3.05, 3.63) is 89.5 Å². The summed E-state index contributed by atoms with van der Waals surface area (Å²) in [7, 11) is -3.87. The van der Waals surface area contributed by atoms with Crippen molar-refractivity contribution in [3.63, 3.8) is 0 Å². The second-order valence-corrected chi connectivity index (χ2v) is 8.27. The second-order valence-electron chi connectivity index (χ2n) is 6.70. The molecule has 1 atom stereocenters. The largest absolute Gasteiger partial charge is 0.346 e. The Morgan fingerprint density at radius 3 is 2.14 bits per heavy atom. The van der Waals surface area contributed by atoms with Crippen LogP contribution in [0.5, 0.6) is 0 Å². The Morgan fingerprint density at radius 1 is 0.929 bits per heavy atom. The molecule has 6 heteroatoms. The first kappa shape index (κ1) is 19.8. The van der Waals surface area contributed by atoms with E-state index in [1.807, 2.05) is 61.5 Å². The number of aryl methyl sites for hydroxylation is 1. The van der Waals surface area contributed by atoms with Crippen molar-refractivity contribution in [2.45, 2.75) is 24.8 Å². The van der Waals surface area contributed by atoms with Gasteiger partial charge >= 0.3 is 0 Å². The van der Waals surface area contributed by atoms with E-state index in [1.54, 1.807) is 13.0 Å². The fourth-order valence-corrected chi connectivity index (χ4v) is 3.52. The monoisotopic (exact) mass is 394 g/mol. The summed E-state index contributed by atoms with van der Waals surface area (Å²) < 4.78 is 23.1. The van der Waals surface area contributed by atoms with Crippen LogP contribution in [0.25, 0.3) is 11.1 Å². The van der Waals surface area contributed by atoms with E-state index in [9.17, 15) is 13.2 Å². The number of hydrogen-bond donors (Lipinski definition) is 2. The zero-order valence-corrected chi connectivity index (χ0v) is 16.5. The molecule has 0 aromatic heterocycles. The standard InChI is InChI=1S/C22H22N2O3S/c1-15-8-13-20(28(23,26)27)14-21(15)22(25)24-16(2)17-9-11-19(12-10-17)18-6-4-3-5-7-18/h3-14,16H,1-2H3,(H,24,25)(H2,23,26,27)/t16-/m0/s1. The van der Waals surface area contributed by atoms with Gasteiger partial charge in [0.25, 0.3) is 5.91 Å². The van der Waals surface area contributed by atoms with Gasteiger partial charge in [0.1, 0.15) is 0 Å². The van der Waals surface area contributed by atoms with Gasteiger partial charge in [-0.25, -0.2) is 13.6 Å². The van der Waals surface area contributed by atoms with E-state index in [4.69, 9.17) is 5.14 Å². The van der Waals surface area contributed by atoms with E-state index in [-0.39, 0.29) is 16.8 Å². The third-order valence-electron chi connectivity index (χ3n) is 4.65. The minimum atomic E-state index is -3.87. The van der Waals surface area contributed by atoms with Crippen LogP contribution in [0.15, 0.2) is 77.7 Å². The molecule has 0 bridgehead atoms. The first-order chi connectivity index (χ1) is 13.3. The Labute approximate surface area is 165 Å². The van der Waals surface area contributed by atoms with Crippen LogP contribution in [0.3, 0.4) is 0 Å². The van der Waals surface area contributed by atoms with Gasteiger partial charge < -0.3 is 5.32 Å². The Kier molecular flexibility index (Phi) is 5.63. The summed E-state index contributed by atoms with van der Waals surface area (Å²) in [4.78, 5) is 12.6. The number of nitrogens with two attached hydrogens (primary N) is 1. The quantitative estimate of drug-likeness (QED) is 0.690. The summed E-state index contributed by atoms with van der Waals surface area (Å²) in [6.45, 7) is 3.63. The molecule has 5 nitrogen and oxygen atoms in total. The van der Waals surface area contributed by atoms with Crippen molar-refractivity contribution in [1.29, 1.82) is 0 Å². The summed E-state index contributed by atoms with van der Waals surface area (Å²) in [5, 5.41) is 8.09. The van der Waals surface area contributed by atoms with Crippen LogP contribution in [0.2, 0.25) is 0 Å². The van der Waals surface area contributed by atoms with E-state index >= 15 is 0 Å². The molecule has 0 aliphatic carbocycles. The van der Waals surface area contributed by atoms with E-state index in [0.29, 0.717) is 11.1 Å². The molecular weight excluding hydrogens is 372 g/mol. The number of nitrogens with one attached hydrogen (secondary N) is 1. The van der Waals surface area contributed by atoms with Crippen LogP contribution >= 0.6 is 0 Å². The summed E-state index contributed by atoms with van der Waals surface area (Å²) in [6, 6.07) is 22.1. The number of sulfonamides is 1. The van der Waals surface area contributed by atoms with Gasteiger partial charge in [-0.15, -0.1) is 0 Å². The predicted molar refractivity (Wildman–Crippen MR) is 110 cm³/mol. The van der Waals surface area contributed by atoms with E-state index in [1.165, 1.54) is 12.1 Å². The molecule has 144 valence electrons. The number of carbonyl (C=O) groups is 1. The summed E-state index contributed by atoms with van der Waals surface area (Å²) in [6.07, 6.45) is 0. The van der Waals surface area contributed by atoms with Crippen molar-refractivity contribution in [2.75, 3.05) is 0 Å². The van der Waals surface area contributed by atoms with Gasteiger partial charge in [0.15, 0.2) is 0 Å². The number of carbonyl (C=O) groups excluding carboxylic acids is 1. The van der Waals surface area contributed by atoms with Gasteiger partial charge in [0.05, 0.1) is 10.9 Å². The number of hydrogen-bond acceptors (Lipinski definition) is 3. The van der Waals surface area contributed by atoms with E-state index in [0.717, 1.165) is 16.7 Å². The van der Waals surface area contributed by atoms with Crippen LogP contribution in [0.1, 0.15) is 34.5 Å². The van der Waals surface area contributed by atoms with Crippen molar-refractivity contribution in [2.24, 2.45) is 5.14 Å². The molecule has 0 unspecified atom stereocenters. The molecule has 3 aromatic carbocycles. The molecule has 3 N–H and O–H groups in total. The molecule has 0 saturated carbocycles. The van der Waals surface area contributed by atoms with Crippen molar-refractivity contribution in [3.8, 4) is 11.1 Å². The molecule has 0 aliphatic heterocycles. The predicted octanol–water partition coefficient (Wildman–Crippen LogP) is 3.80. The molecule has 3 rings (SSSR count). The van der Waals surface area contributed by atoms with Crippen LogP contribution < -0.4 is 10.5 Å². The fraction of sp³-hybridized carbons (Fsp3) is 0.136. The van der Waals surface area contributed by atoms with Crippen molar-refractivity contribution < 1.29 is 13.2 Å². The molecule has 3 aromatic rings. The number of amides is 1. The minimum Gasteiger partial charge on any atom is -0.346 e. The molecule has 0 fully saturated rings. The fourth-order valence-electron chi connectivity index (χ4n) is 2.98. The van der Waals surface area contributed by atoms with Gasteiger partial charge in [0, 0.05) is 5.56 Å². The SMILES string of the molecule is Cc1ccc(S(N)(=O)=O)cc1C(=O)N[C@@H](C)c1ccc(-c2ccccc2)cc1. The number of primary sulfonamides is 1. The molecule has 0 saturated heterocycles. The molecule has 1 amide bonds. The topological polar surface area (TPSA) is 89.3 Å². The van der Waals surface area contributed by atoms with Gasteiger partial charge in [-0.1, -0.05) is 60.7 Å². The highest BCUT2D eigenvalue weighted by molar-refractivity contribution is 7.89. The highest BCUT2D eigenvalue weighted by Crippen LogP contribution is 2.22. The van der Waals surface area contributed by atoms with Gasteiger partial charge in [-0.2, -0.15) is 0 Å². The normalized spacial score (nSPS) is 12.4. The molecule has 0 radical (unpaired) electrons. The Hall–Kier alpha value is -2.96. The average Bonchev–Trinajstić information content (AvgIpc) is 2.68. The van der Waals surface area contributed by atoms with Crippen molar-refractivity contribution in [1.82, 2.24) is 5.32 Å². The molecule has 0 aliphatic rings. The highest BCUT2D eigenvalue weighted by Gasteiger charge is 2.17. The first-order valence-corrected chi connectivity index (χ1v) is 10.4. The van der Waals surface area contributed by atoms with Gasteiger partial charge in [0.2, 0.25) is 10.0 Å². The number of rotatable bonds is 5. The summed E-state index contributed by atoms with van der Waals surface area (Å²) in [5.74, 6) is -0.345. The molecule has 0 heterocycles. The average molecular weight is 394 g/mol. The second kappa shape index (κ2) is 7.96. The zero-order chi connectivity index (χ0) is 20.3. The van der Waals surface area contributed by atoms with Gasteiger partial charge in [-0.3, -0.25) is 4.79 Å². The lowest BCUT2D eigenvalue weighted by Crippen LogP contribution is -2.27. The van der Waals surface area contributed by atoms with E-state index < -0.39 is 10.0 Å². The van der Waals surface area contributed by atoms with E-state index in [2.05, 4.69) is 5.32 Å². The third-order valence-corrected chi connectivity index (χ3v) is 5.56. The molecule has 28 heavy (non-hydrogen) atoms.